The quantitative estimate of drug-likeness (QED) is 0.898. The molecular weight excluding hydrogens is 315 g/mol. The standard InChI is InChI=1S/C14H16F3N3O3/c1-4-23-7(2)8-5-9-11(6-10(8)14(15,16)17)19-13(22)20(18-3)12(9)21/h5-7,18H,4H2,1-3H3,(H,19,22). The fourth-order valence-corrected chi connectivity index (χ4v) is 2.41. The van der Waals surface area contributed by atoms with Gasteiger partial charge in [0.05, 0.1) is 22.6 Å². The third kappa shape index (κ3) is 3.09. The molecule has 126 valence electrons. The molecular formula is C14H16F3N3O3. The van der Waals surface area contributed by atoms with E-state index in [9.17, 15) is 22.8 Å². The van der Waals surface area contributed by atoms with Gasteiger partial charge in [-0.3, -0.25) is 4.79 Å². The Bertz CT molecular complexity index is 839. The van der Waals surface area contributed by atoms with Crippen LogP contribution in [-0.4, -0.2) is 23.3 Å². The summed E-state index contributed by atoms with van der Waals surface area (Å²) in [4.78, 5) is 26.2. The molecule has 0 saturated heterocycles. The first kappa shape index (κ1) is 17.1. The van der Waals surface area contributed by atoms with Gasteiger partial charge in [0.1, 0.15) is 0 Å². The summed E-state index contributed by atoms with van der Waals surface area (Å²) in [5, 5.41) is -0.0338. The van der Waals surface area contributed by atoms with Crippen LogP contribution in [0.2, 0.25) is 0 Å². The molecule has 9 heteroatoms. The second-order valence-corrected chi connectivity index (χ2v) is 4.87. The van der Waals surface area contributed by atoms with Crippen molar-refractivity contribution >= 4 is 10.9 Å². The molecule has 2 aromatic rings. The van der Waals surface area contributed by atoms with Gasteiger partial charge in [0.15, 0.2) is 0 Å². The number of halogens is 3. The Morgan fingerprint density at radius 3 is 2.52 bits per heavy atom. The lowest BCUT2D eigenvalue weighted by atomic mass is 10.00. The Labute approximate surface area is 128 Å². The van der Waals surface area contributed by atoms with Gasteiger partial charge >= 0.3 is 11.9 Å². The molecule has 1 heterocycles. The number of ether oxygens (including phenoxy) is 1. The molecule has 1 unspecified atom stereocenters. The van der Waals surface area contributed by atoms with Crippen molar-refractivity contribution in [1.82, 2.24) is 9.66 Å². The highest BCUT2D eigenvalue weighted by molar-refractivity contribution is 5.79. The highest BCUT2D eigenvalue weighted by atomic mass is 19.4. The normalized spacial score (nSPS) is 13.3. The molecule has 0 bridgehead atoms. The number of fused-ring (bicyclic) bond motifs is 1. The topological polar surface area (TPSA) is 76.1 Å². The van der Waals surface area contributed by atoms with Crippen molar-refractivity contribution in [3.05, 3.63) is 44.1 Å². The molecule has 0 radical (unpaired) electrons. The third-order valence-corrected chi connectivity index (χ3v) is 3.45. The van der Waals surface area contributed by atoms with E-state index >= 15 is 0 Å². The fourth-order valence-electron chi connectivity index (χ4n) is 2.41. The molecule has 0 aliphatic carbocycles. The number of aromatic nitrogens is 2. The van der Waals surface area contributed by atoms with E-state index in [1.165, 1.54) is 14.0 Å². The Hall–Kier alpha value is -2.29. The molecule has 2 rings (SSSR count). The Morgan fingerprint density at radius 1 is 1.35 bits per heavy atom. The summed E-state index contributed by atoms with van der Waals surface area (Å²) in [6.45, 7) is 3.36. The van der Waals surface area contributed by atoms with Crippen LogP contribution in [0.3, 0.4) is 0 Å². The van der Waals surface area contributed by atoms with Crippen LogP contribution in [0.1, 0.15) is 31.1 Å². The Kier molecular flexibility index (Phi) is 4.51. The number of H-pyrrole nitrogens is 1. The summed E-state index contributed by atoms with van der Waals surface area (Å²) < 4.78 is 45.8. The first-order valence-electron chi connectivity index (χ1n) is 6.90. The van der Waals surface area contributed by atoms with Gasteiger partial charge in [-0.15, -0.1) is 0 Å². The molecule has 0 saturated carbocycles. The van der Waals surface area contributed by atoms with Crippen LogP contribution in [-0.2, 0) is 10.9 Å². The minimum atomic E-state index is -4.64. The molecule has 0 amide bonds. The van der Waals surface area contributed by atoms with E-state index in [2.05, 4.69) is 10.4 Å². The third-order valence-electron chi connectivity index (χ3n) is 3.45. The van der Waals surface area contributed by atoms with Crippen LogP contribution in [0.4, 0.5) is 13.2 Å². The fraction of sp³-hybridized carbons (Fsp3) is 0.429. The molecule has 0 fully saturated rings. The lowest BCUT2D eigenvalue weighted by Gasteiger charge is -2.19. The molecule has 1 aromatic carbocycles. The molecule has 1 atom stereocenters. The Morgan fingerprint density at radius 2 is 2.00 bits per heavy atom. The van der Waals surface area contributed by atoms with Crippen molar-refractivity contribution in [3.8, 4) is 0 Å². The molecule has 23 heavy (non-hydrogen) atoms. The maximum absolute atomic E-state index is 13.3. The van der Waals surface area contributed by atoms with Gasteiger partial charge in [-0.2, -0.15) is 17.8 Å². The average molecular weight is 331 g/mol. The number of benzene rings is 1. The van der Waals surface area contributed by atoms with E-state index in [-0.39, 0.29) is 23.1 Å². The zero-order chi connectivity index (χ0) is 17.4. The van der Waals surface area contributed by atoms with Gasteiger partial charge in [0, 0.05) is 13.7 Å². The number of hydrogen-bond donors (Lipinski definition) is 2. The summed E-state index contributed by atoms with van der Waals surface area (Å²) >= 11 is 0. The van der Waals surface area contributed by atoms with Gasteiger partial charge in [0.25, 0.3) is 5.56 Å². The van der Waals surface area contributed by atoms with Gasteiger partial charge in [-0.05, 0) is 31.5 Å². The lowest BCUT2D eigenvalue weighted by molar-refractivity contribution is -0.139. The highest BCUT2D eigenvalue weighted by Crippen LogP contribution is 2.37. The SMILES string of the molecule is CCOC(C)c1cc2c(=O)n(NC)c(=O)[nH]c2cc1C(F)(F)F. The smallest absolute Gasteiger partial charge is 0.374 e. The van der Waals surface area contributed by atoms with Gasteiger partial charge in [-0.1, -0.05) is 0 Å². The summed E-state index contributed by atoms with van der Waals surface area (Å²) in [6, 6.07) is 1.88. The van der Waals surface area contributed by atoms with E-state index in [4.69, 9.17) is 4.74 Å². The molecule has 0 aliphatic rings. The average Bonchev–Trinajstić information content (AvgIpc) is 2.46. The van der Waals surface area contributed by atoms with Crippen LogP contribution in [0.25, 0.3) is 10.9 Å². The minimum Gasteiger partial charge on any atom is -0.374 e. The summed E-state index contributed by atoms with van der Waals surface area (Å²) in [5.41, 5.74) is -0.464. The summed E-state index contributed by atoms with van der Waals surface area (Å²) in [6.07, 6.45) is -5.49. The largest absolute Gasteiger partial charge is 0.416 e. The van der Waals surface area contributed by atoms with Gasteiger partial charge < -0.3 is 15.1 Å². The lowest BCUT2D eigenvalue weighted by Crippen LogP contribution is -2.40. The molecule has 0 aliphatic heterocycles. The zero-order valence-electron chi connectivity index (χ0n) is 12.7. The van der Waals surface area contributed by atoms with Crippen molar-refractivity contribution in [2.45, 2.75) is 26.1 Å². The molecule has 0 spiro atoms. The predicted molar refractivity (Wildman–Crippen MR) is 79.2 cm³/mol. The molecule has 1 aromatic heterocycles. The highest BCUT2D eigenvalue weighted by Gasteiger charge is 2.35. The molecule has 2 N–H and O–H groups in total. The zero-order valence-corrected chi connectivity index (χ0v) is 12.7. The predicted octanol–water partition coefficient (Wildman–Crippen LogP) is 1.98. The van der Waals surface area contributed by atoms with E-state index in [0.29, 0.717) is 4.68 Å². The number of alkyl halides is 3. The first-order chi connectivity index (χ1) is 10.7. The minimum absolute atomic E-state index is 0.0338. The number of aromatic amines is 1. The van der Waals surface area contributed by atoms with Crippen LogP contribution in [0.15, 0.2) is 21.7 Å². The van der Waals surface area contributed by atoms with E-state index in [1.807, 2.05) is 0 Å². The summed E-state index contributed by atoms with van der Waals surface area (Å²) in [5.74, 6) is 0. The van der Waals surface area contributed by atoms with Crippen molar-refractivity contribution in [1.29, 1.82) is 0 Å². The monoisotopic (exact) mass is 331 g/mol. The first-order valence-corrected chi connectivity index (χ1v) is 6.90. The number of rotatable bonds is 4. The van der Waals surface area contributed by atoms with E-state index in [1.54, 1.807) is 6.92 Å². The second-order valence-electron chi connectivity index (χ2n) is 4.87. The van der Waals surface area contributed by atoms with Crippen molar-refractivity contribution in [2.24, 2.45) is 0 Å². The van der Waals surface area contributed by atoms with Crippen LogP contribution < -0.4 is 16.7 Å². The van der Waals surface area contributed by atoms with Crippen LogP contribution in [0, 0.1) is 0 Å². The van der Waals surface area contributed by atoms with Crippen LogP contribution >= 0.6 is 0 Å². The van der Waals surface area contributed by atoms with Gasteiger partial charge in [0.2, 0.25) is 0 Å². The maximum Gasteiger partial charge on any atom is 0.416 e. The van der Waals surface area contributed by atoms with Crippen molar-refractivity contribution in [2.75, 3.05) is 19.1 Å². The number of nitrogens with zero attached hydrogens (tertiary/aromatic N) is 1. The number of nitrogens with one attached hydrogen (secondary N) is 2. The van der Waals surface area contributed by atoms with E-state index in [0.717, 1.165) is 12.1 Å². The number of hydrogen-bond acceptors (Lipinski definition) is 4. The van der Waals surface area contributed by atoms with Crippen molar-refractivity contribution < 1.29 is 17.9 Å². The molecule has 6 nitrogen and oxygen atoms in total. The van der Waals surface area contributed by atoms with Crippen molar-refractivity contribution in [3.63, 3.8) is 0 Å². The Balaban J connectivity index is 2.87. The van der Waals surface area contributed by atoms with E-state index < -0.39 is 29.1 Å². The maximum atomic E-state index is 13.3. The summed E-state index contributed by atoms with van der Waals surface area (Å²) in [7, 11) is 1.36. The van der Waals surface area contributed by atoms with Crippen LogP contribution in [0.5, 0.6) is 0 Å². The second kappa shape index (κ2) is 6.07. The van der Waals surface area contributed by atoms with Gasteiger partial charge in [-0.25, -0.2) is 4.79 Å².